The van der Waals surface area contributed by atoms with Crippen LogP contribution in [0.15, 0.2) is 36.5 Å². The van der Waals surface area contributed by atoms with E-state index in [4.69, 9.17) is 9.72 Å². The van der Waals surface area contributed by atoms with E-state index in [0.717, 1.165) is 34.6 Å². The molecule has 1 amide bonds. The summed E-state index contributed by atoms with van der Waals surface area (Å²) in [5.74, 6) is -0.00133. The van der Waals surface area contributed by atoms with Gasteiger partial charge in [-0.15, -0.1) is 0 Å². The third-order valence-electron chi connectivity index (χ3n) is 4.84. The van der Waals surface area contributed by atoms with Crippen LogP contribution in [0.1, 0.15) is 28.8 Å². The van der Waals surface area contributed by atoms with Crippen molar-refractivity contribution in [1.82, 2.24) is 14.7 Å². The summed E-state index contributed by atoms with van der Waals surface area (Å²) in [6.45, 7) is 7.50. The predicted octanol–water partition coefficient (Wildman–Crippen LogP) is 3.62. The summed E-state index contributed by atoms with van der Waals surface area (Å²) in [7, 11) is 1.66. The highest BCUT2D eigenvalue weighted by Gasteiger charge is 2.17. The number of imidazole rings is 1. The highest BCUT2D eigenvalue weighted by atomic mass is 16.5. The van der Waals surface area contributed by atoms with Crippen molar-refractivity contribution in [3.8, 4) is 11.3 Å². The predicted molar refractivity (Wildman–Crippen MR) is 108 cm³/mol. The Labute approximate surface area is 160 Å². The first-order valence-corrected chi connectivity index (χ1v) is 9.30. The number of fused-ring (bicyclic) bond motifs is 1. The molecule has 0 aliphatic carbocycles. The van der Waals surface area contributed by atoms with Gasteiger partial charge < -0.3 is 14.5 Å². The Morgan fingerprint density at radius 1 is 1.15 bits per heavy atom. The summed E-state index contributed by atoms with van der Waals surface area (Å²) in [5.41, 5.74) is 7.31. The van der Waals surface area contributed by atoms with Crippen molar-refractivity contribution in [2.75, 3.05) is 20.3 Å². The first-order valence-electron chi connectivity index (χ1n) is 9.30. The molecule has 2 aromatic heterocycles. The van der Waals surface area contributed by atoms with E-state index in [1.807, 2.05) is 29.7 Å². The van der Waals surface area contributed by atoms with Crippen LogP contribution >= 0.6 is 0 Å². The summed E-state index contributed by atoms with van der Waals surface area (Å²) >= 11 is 0. The number of carbonyl (C=O) groups is 1. The summed E-state index contributed by atoms with van der Waals surface area (Å²) in [4.78, 5) is 17.3. The smallest absolute Gasteiger partial charge is 0.226 e. The molecule has 0 radical (unpaired) electrons. The summed E-state index contributed by atoms with van der Waals surface area (Å²) in [5, 5.41) is 2.97. The number of hydrogen-bond donors (Lipinski definition) is 1. The molecule has 0 fully saturated rings. The lowest BCUT2D eigenvalue weighted by Crippen LogP contribution is -2.27. The number of carbonyl (C=O) groups excluding carboxylic acids is 1. The first kappa shape index (κ1) is 19.1. The molecule has 0 saturated heterocycles. The van der Waals surface area contributed by atoms with E-state index < -0.39 is 0 Å². The molecule has 2 heterocycles. The van der Waals surface area contributed by atoms with Crippen LogP contribution in [0.2, 0.25) is 0 Å². The molecule has 27 heavy (non-hydrogen) atoms. The van der Waals surface area contributed by atoms with Crippen molar-refractivity contribution in [2.24, 2.45) is 0 Å². The van der Waals surface area contributed by atoms with Crippen LogP contribution in [-0.2, 0) is 16.0 Å². The number of aryl methyl sites for hydroxylation is 3. The number of ether oxygens (including phenoxy) is 1. The first-order chi connectivity index (χ1) is 13.0. The Kier molecular flexibility index (Phi) is 5.91. The fourth-order valence-electron chi connectivity index (χ4n) is 3.14. The number of rotatable bonds is 7. The number of nitrogens with one attached hydrogen (secondary N) is 1. The molecule has 5 nitrogen and oxygen atoms in total. The minimum absolute atomic E-state index is 0.00133. The van der Waals surface area contributed by atoms with Gasteiger partial charge in [-0.2, -0.15) is 0 Å². The zero-order valence-electron chi connectivity index (χ0n) is 16.5. The van der Waals surface area contributed by atoms with Crippen molar-refractivity contribution in [1.29, 1.82) is 0 Å². The molecule has 0 bridgehead atoms. The molecule has 0 aliphatic heterocycles. The average Bonchev–Trinajstić information content (AvgIpc) is 2.98. The molecule has 3 rings (SSSR count). The lowest BCUT2D eigenvalue weighted by molar-refractivity contribution is -0.120. The van der Waals surface area contributed by atoms with Gasteiger partial charge in [-0.25, -0.2) is 4.98 Å². The standard InChI is InChI=1S/C22H27N3O2/c1-15-8-10-25-19(14-21(26)23-9-5-11-27-4)22(24-20(25)12-15)18-7-6-16(2)17(3)13-18/h6-8,10,12-13H,5,9,11,14H2,1-4H3,(H,23,26). The molecule has 1 N–H and O–H groups in total. The van der Waals surface area contributed by atoms with E-state index in [1.54, 1.807) is 7.11 Å². The number of aromatic nitrogens is 2. The molecule has 0 saturated carbocycles. The molecule has 142 valence electrons. The topological polar surface area (TPSA) is 55.6 Å². The van der Waals surface area contributed by atoms with Gasteiger partial charge in [-0.05, 0) is 62.1 Å². The van der Waals surface area contributed by atoms with Crippen LogP contribution in [0.25, 0.3) is 16.9 Å². The van der Waals surface area contributed by atoms with E-state index in [9.17, 15) is 4.79 Å². The molecule has 1 aromatic carbocycles. The van der Waals surface area contributed by atoms with Gasteiger partial charge in [0.05, 0.1) is 17.8 Å². The van der Waals surface area contributed by atoms with Crippen LogP contribution < -0.4 is 5.32 Å². The van der Waals surface area contributed by atoms with Crippen molar-refractivity contribution >= 4 is 11.6 Å². The lowest BCUT2D eigenvalue weighted by Gasteiger charge is -2.08. The van der Waals surface area contributed by atoms with E-state index in [1.165, 1.54) is 11.1 Å². The number of hydrogen-bond acceptors (Lipinski definition) is 3. The van der Waals surface area contributed by atoms with Crippen LogP contribution in [-0.4, -0.2) is 35.6 Å². The van der Waals surface area contributed by atoms with Gasteiger partial charge in [0.1, 0.15) is 5.65 Å². The highest BCUT2D eigenvalue weighted by Crippen LogP contribution is 2.27. The Morgan fingerprint density at radius 2 is 1.96 bits per heavy atom. The van der Waals surface area contributed by atoms with Crippen molar-refractivity contribution in [2.45, 2.75) is 33.6 Å². The minimum Gasteiger partial charge on any atom is -0.385 e. The quantitative estimate of drug-likeness (QED) is 0.651. The molecule has 3 aromatic rings. The van der Waals surface area contributed by atoms with E-state index in [0.29, 0.717) is 19.6 Å². The van der Waals surface area contributed by atoms with Crippen molar-refractivity contribution in [3.63, 3.8) is 0 Å². The SMILES string of the molecule is COCCCNC(=O)Cc1c(-c2ccc(C)c(C)c2)nc2cc(C)ccn12. The molecule has 0 atom stereocenters. The molecule has 0 aliphatic rings. The maximum atomic E-state index is 12.5. The average molecular weight is 365 g/mol. The zero-order chi connectivity index (χ0) is 19.4. The Morgan fingerprint density at radius 3 is 2.70 bits per heavy atom. The van der Waals surface area contributed by atoms with Crippen molar-refractivity contribution < 1.29 is 9.53 Å². The Bertz CT molecular complexity index is 960. The third kappa shape index (κ3) is 4.37. The summed E-state index contributed by atoms with van der Waals surface area (Å²) in [6.07, 6.45) is 3.09. The molecule has 0 spiro atoms. The van der Waals surface area contributed by atoms with Gasteiger partial charge in [-0.1, -0.05) is 12.1 Å². The van der Waals surface area contributed by atoms with Gasteiger partial charge >= 0.3 is 0 Å². The number of amides is 1. The maximum Gasteiger partial charge on any atom is 0.226 e. The van der Waals surface area contributed by atoms with E-state index in [-0.39, 0.29) is 5.91 Å². The van der Waals surface area contributed by atoms with Crippen LogP contribution in [0, 0.1) is 20.8 Å². The number of nitrogens with zero attached hydrogens (tertiary/aromatic N) is 2. The molecular formula is C22H27N3O2. The van der Waals surface area contributed by atoms with E-state index >= 15 is 0 Å². The largest absolute Gasteiger partial charge is 0.385 e. The van der Waals surface area contributed by atoms with Gasteiger partial charge in [0, 0.05) is 32.0 Å². The summed E-state index contributed by atoms with van der Waals surface area (Å²) < 4.78 is 7.05. The van der Waals surface area contributed by atoms with E-state index in [2.05, 4.69) is 37.4 Å². The minimum atomic E-state index is -0.00133. The van der Waals surface area contributed by atoms with Crippen LogP contribution in [0.5, 0.6) is 0 Å². The second-order valence-corrected chi connectivity index (χ2v) is 7.01. The third-order valence-corrected chi connectivity index (χ3v) is 4.84. The lowest BCUT2D eigenvalue weighted by atomic mass is 10.0. The second kappa shape index (κ2) is 8.35. The zero-order valence-corrected chi connectivity index (χ0v) is 16.5. The van der Waals surface area contributed by atoms with Gasteiger partial charge in [0.2, 0.25) is 5.91 Å². The van der Waals surface area contributed by atoms with Crippen LogP contribution in [0.3, 0.4) is 0 Å². The number of pyridine rings is 1. The highest BCUT2D eigenvalue weighted by molar-refractivity contribution is 5.81. The molecule has 5 heteroatoms. The molecular weight excluding hydrogens is 338 g/mol. The normalized spacial score (nSPS) is 11.1. The Hall–Kier alpha value is -2.66. The second-order valence-electron chi connectivity index (χ2n) is 7.01. The number of benzene rings is 1. The maximum absolute atomic E-state index is 12.5. The molecule has 0 unspecified atom stereocenters. The monoisotopic (exact) mass is 365 g/mol. The summed E-state index contributed by atoms with van der Waals surface area (Å²) in [6, 6.07) is 10.4. The van der Waals surface area contributed by atoms with Crippen LogP contribution in [0.4, 0.5) is 0 Å². The Balaban J connectivity index is 1.96. The van der Waals surface area contributed by atoms with Gasteiger partial charge in [0.25, 0.3) is 0 Å². The van der Waals surface area contributed by atoms with Gasteiger partial charge in [-0.3, -0.25) is 4.79 Å². The fraction of sp³-hybridized carbons (Fsp3) is 0.364. The van der Waals surface area contributed by atoms with Crippen molar-refractivity contribution in [3.05, 3.63) is 58.9 Å². The number of methoxy groups -OCH3 is 1. The van der Waals surface area contributed by atoms with Gasteiger partial charge in [0.15, 0.2) is 0 Å². The fourth-order valence-corrected chi connectivity index (χ4v) is 3.14.